The Labute approximate surface area is 120 Å². The first-order chi connectivity index (χ1) is 10.3. The highest BCUT2D eigenvalue weighted by atomic mass is 16.5. The van der Waals surface area contributed by atoms with Gasteiger partial charge in [-0.3, -0.25) is 4.79 Å². The molecule has 0 saturated carbocycles. The van der Waals surface area contributed by atoms with Crippen molar-refractivity contribution < 1.29 is 14.4 Å². The van der Waals surface area contributed by atoms with E-state index in [4.69, 9.17) is 9.63 Å². The minimum Gasteiger partial charge on any atom is -0.387 e. The first kappa shape index (κ1) is 13.3. The standard InChI is InChI=1S/C14H14N4O3/c19-8-13-17-12(18-21-13)4-6-16-14(20)10-2-1-9-3-5-15-11(9)7-10/h1-3,5,7,15,19H,4,6,8H2,(H,16,20). The van der Waals surface area contributed by atoms with Crippen LogP contribution in [0.4, 0.5) is 0 Å². The number of fused-ring (bicyclic) bond motifs is 1. The summed E-state index contributed by atoms with van der Waals surface area (Å²) < 4.78 is 4.77. The second-order valence-corrected chi connectivity index (χ2v) is 4.55. The summed E-state index contributed by atoms with van der Waals surface area (Å²) in [6.45, 7) is 0.113. The van der Waals surface area contributed by atoms with E-state index in [0.29, 0.717) is 24.4 Å². The number of aliphatic hydroxyl groups is 1. The lowest BCUT2D eigenvalue weighted by atomic mass is 10.1. The van der Waals surface area contributed by atoms with Gasteiger partial charge in [-0.1, -0.05) is 11.2 Å². The lowest BCUT2D eigenvalue weighted by Crippen LogP contribution is -2.25. The predicted molar refractivity (Wildman–Crippen MR) is 74.6 cm³/mol. The van der Waals surface area contributed by atoms with Crippen LogP contribution in [0.25, 0.3) is 10.9 Å². The molecule has 7 nitrogen and oxygen atoms in total. The fourth-order valence-corrected chi connectivity index (χ4v) is 2.03. The monoisotopic (exact) mass is 286 g/mol. The highest BCUT2D eigenvalue weighted by molar-refractivity contribution is 5.97. The summed E-state index contributed by atoms with van der Waals surface area (Å²) in [5.41, 5.74) is 1.52. The van der Waals surface area contributed by atoms with E-state index in [1.807, 2.05) is 24.4 Å². The maximum atomic E-state index is 12.0. The quantitative estimate of drug-likeness (QED) is 0.649. The number of benzene rings is 1. The van der Waals surface area contributed by atoms with E-state index in [-0.39, 0.29) is 18.4 Å². The van der Waals surface area contributed by atoms with Gasteiger partial charge < -0.3 is 19.9 Å². The third-order valence-electron chi connectivity index (χ3n) is 3.10. The molecule has 0 unspecified atom stereocenters. The number of aromatic amines is 1. The molecule has 3 aromatic rings. The number of hydrogen-bond acceptors (Lipinski definition) is 5. The topological polar surface area (TPSA) is 104 Å². The normalized spacial score (nSPS) is 10.9. The third kappa shape index (κ3) is 2.92. The van der Waals surface area contributed by atoms with E-state index in [1.165, 1.54) is 0 Å². The average Bonchev–Trinajstić information content (AvgIpc) is 3.14. The highest BCUT2D eigenvalue weighted by Crippen LogP contribution is 2.13. The molecule has 1 aromatic carbocycles. The zero-order valence-corrected chi connectivity index (χ0v) is 11.2. The Morgan fingerprint density at radius 3 is 3.10 bits per heavy atom. The molecule has 0 aliphatic rings. The third-order valence-corrected chi connectivity index (χ3v) is 3.10. The van der Waals surface area contributed by atoms with E-state index >= 15 is 0 Å². The Morgan fingerprint density at radius 2 is 2.29 bits per heavy atom. The van der Waals surface area contributed by atoms with Gasteiger partial charge in [-0.05, 0) is 23.6 Å². The Bertz CT molecular complexity index is 762. The molecule has 2 heterocycles. The number of aromatic nitrogens is 3. The van der Waals surface area contributed by atoms with Gasteiger partial charge in [0.2, 0.25) is 0 Å². The van der Waals surface area contributed by atoms with Crippen LogP contribution in [0.3, 0.4) is 0 Å². The van der Waals surface area contributed by atoms with Crippen molar-refractivity contribution in [3.63, 3.8) is 0 Å². The molecule has 1 amide bonds. The number of carbonyl (C=O) groups excluding carboxylic acids is 1. The van der Waals surface area contributed by atoms with Crippen molar-refractivity contribution in [2.24, 2.45) is 0 Å². The van der Waals surface area contributed by atoms with Crippen molar-refractivity contribution in [1.29, 1.82) is 0 Å². The van der Waals surface area contributed by atoms with Gasteiger partial charge in [-0.25, -0.2) is 0 Å². The van der Waals surface area contributed by atoms with E-state index in [1.54, 1.807) is 6.07 Å². The van der Waals surface area contributed by atoms with Gasteiger partial charge in [0.25, 0.3) is 11.8 Å². The number of rotatable bonds is 5. The smallest absolute Gasteiger partial charge is 0.252 e. The van der Waals surface area contributed by atoms with Crippen molar-refractivity contribution in [1.82, 2.24) is 20.4 Å². The predicted octanol–water partition coefficient (Wildman–Crippen LogP) is 1.02. The zero-order valence-electron chi connectivity index (χ0n) is 11.2. The van der Waals surface area contributed by atoms with Gasteiger partial charge in [0.1, 0.15) is 6.61 Å². The lowest BCUT2D eigenvalue weighted by molar-refractivity contribution is 0.0954. The maximum Gasteiger partial charge on any atom is 0.252 e. The summed E-state index contributed by atoms with van der Waals surface area (Å²) in [6, 6.07) is 7.44. The van der Waals surface area contributed by atoms with Crippen LogP contribution in [0.5, 0.6) is 0 Å². The number of nitrogens with zero attached hydrogens (tertiary/aromatic N) is 2. The summed E-state index contributed by atoms with van der Waals surface area (Å²) in [6.07, 6.45) is 2.28. The zero-order chi connectivity index (χ0) is 14.7. The molecule has 0 aliphatic heterocycles. The molecule has 3 N–H and O–H groups in total. The minimum atomic E-state index is -0.282. The molecule has 0 radical (unpaired) electrons. The molecule has 0 bridgehead atoms. The number of hydrogen-bond donors (Lipinski definition) is 3. The average molecular weight is 286 g/mol. The molecule has 0 fully saturated rings. The van der Waals surface area contributed by atoms with Crippen LogP contribution < -0.4 is 5.32 Å². The van der Waals surface area contributed by atoms with Crippen molar-refractivity contribution in [2.75, 3.05) is 6.54 Å². The number of H-pyrrole nitrogens is 1. The lowest BCUT2D eigenvalue weighted by Gasteiger charge is -2.03. The molecule has 0 atom stereocenters. The molecule has 0 spiro atoms. The SMILES string of the molecule is O=C(NCCc1noc(CO)n1)c1ccc2cc[nH]c2c1. The summed E-state index contributed by atoms with van der Waals surface area (Å²) in [4.78, 5) is 19.1. The van der Waals surface area contributed by atoms with Gasteiger partial charge >= 0.3 is 0 Å². The molecule has 108 valence electrons. The van der Waals surface area contributed by atoms with Gasteiger partial charge in [0, 0.05) is 30.2 Å². The maximum absolute atomic E-state index is 12.0. The summed E-state index contributed by atoms with van der Waals surface area (Å²) in [5, 5.41) is 16.4. The Kier molecular flexibility index (Phi) is 3.65. The van der Waals surface area contributed by atoms with Crippen LogP contribution in [0.2, 0.25) is 0 Å². The van der Waals surface area contributed by atoms with Gasteiger partial charge in [0.15, 0.2) is 5.82 Å². The molecule has 3 rings (SSSR count). The van der Waals surface area contributed by atoms with Crippen LogP contribution >= 0.6 is 0 Å². The fourth-order valence-electron chi connectivity index (χ4n) is 2.03. The molecule has 0 aliphatic carbocycles. The molecule has 2 aromatic heterocycles. The van der Waals surface area contributed by atoms with Crippen molar-refractivity contribution in [3.8, 4) is 0 Å². The fraction of sp³-hybridized carbons (Fsp3) is 0.214. The number of amides is 1. The number of aliphatic hydroxyl groups excluding tert-OH is 1. The summed E-state index contributed by atoms with van der Waals surface area (Å²) >= 11 is 0. The summed E-state index contributed by atoms with van der Waals surface area (Å²) in [7, 11) is 0. The van der Waals surface area contributed by atoms with Crippen molar-refractivity contribution >= 4 is 16.8 Å². The van der Waals surface area contributed by atoms with Gasteiger partial charge in [0.05, 0.1) is 0 Å². The Balaban J connectivity index is 1.58. The second-order valence-electron chi connectivity index (χ2n) is 4.55. The van der Waals surface area contributed by atoms with E-state index < -0.39 is 0 Å². The van der Waals surface area contributed by atoms with Gasteiger partial charge in [-0.15, -0.1) is 0 Å². The molecule has 21 heavy (non-hydrogen) atoms. The van der Waals surface area contributed by atoms with E-state index in [0.717, 1.165) is 10.9 Å². The van der Waals surface area contributed by atoms with Crippen LogP contribution in [0.1, 0.15) is 22.1 Å². The Morgan fingerprint density at radius 1 is 1.38 bits per heavy atom. The molecular formula is C14H14N4O3. The van der Waals surface area contributed by atoms with Gasteiger partial charge in [-0.2, -0.15) is 4.98 Å². The second kappa shape index (κ2) is 5.76. The first-order valence-electron chi connectivity index (χ1n) is 6.54. The van der Waals surface area contributed by atoms with Crippen LogP contribution in [0.15, 0.2) is 35.0 Å². The Hall–Kier alpha value is -2.67. The van der Waals surface area contributed by atoms with E-state index in [9.17, 15) is 4.79 Å². The largest absolute Gasteiger partial charge is 0.387 e. The first-order valence-corrected chi connectivity index (χ1v) is 6.54. The number of carbonyl (C=O) groups is 1. The van der Waals surface area contributed by atoms with Crippen LogP contribution in [-0.2, 0) is 13.0 Å². The molecule has 0 saturated heterocycles. The van der Waals surface area contributed by atoms with Crippen molar-refractivity contribution in [2.45, 2.75) is 13.0 Å². The molecular weight excluding hydrogens is 272 g/mol. The molecule has 7 heteroatoms. The van der Waals surface area contributed by atoms with Crippen LogP contribution in [-0.4, -0.2) is 32.7 Å². The van der Waals surface area contributed by atoms with Crippen LogP contribution in [0, 0.1) is 0 Å². The summed E-state index contributed by atoms with van der Waals surface area (Å²) in [5.74, 6) is 0.477. The van der Waals surface area contributed by atoms with E-state index in [2.05, 4.69) is 20.4 Å². The number of nitrogens with one attached hydrogen (secondary N) is 2. The van der Waals surface area contributed by atoms with Crippen molar-refractivity contribution in [3.05, 3.63) is 47.7 Å². The highest BCUT2D eigenvalue weighted by Gasteiger charge is 2.08. The minimum absolute atomic E-state index is 0.155.